The molecule has 2 N–H and O–H groups in total. The van der Waals surface area contributed by atoms with E-state index in [1.165, 1.54) is 25.7 Å². The van der Waals surface area contributed by atoms with Crippen molar-refractivity contribution >= 4 is 0 Å². The highest BCUT2D eigenvalue weighted by molar-refractivity contribution is 5.00. The molecular formula is C13H23N3O. The van der Waals surface area contributed by atoms with Crippen LogP contribution in [0.25, 0.3) is 0 Å². The molecule has 2 rings (SSSR count). The third-order valence-corrected chi connectivity index (χ3v) is 3.51. The van der Waals surface area contributed by atoms with Crippen LogP contribution >= 0.6 is 0 Å². The minimum Gasteiger partial charge on any atom is -0.383 e. The van der Waals surface area contributed by atoms with Gasteiger partial charge in [-0.3, -0.25) is 4.68 Å². The first-order chi connectivity index (χ1) is 8.29. The van der Waals surface area contributed by atoms with Gasteiger partial charge in [-0.25, -0.2) is 0 Å². The fourth-order valence-electron chi connectivity index (χ4n) is 2.51. The van der Waals surface area contributed by atoms with E-state index in [9.17, 15) is 0 Å². The fourth-order valence-corrected chi connectivity index (χ4v) is 2.51. The zero-order valence-corrected chi connectivity index (χ0v) is 10.6. The van der Waals surface area contributed by atoms with Gasteiger partial charge in [-0.2, -0.15) is 5.10 Å². The second kappa shape index (κ2) is 6.17. The van der Waals surface area contributed by atoms with Crippen LogP contribution in [0.3, 0.4) is 0 Å². The average molecular weight is 237 g/mol. The number of aromatic nitrogens is 2. The summed E-state index contributed by atoms with van der Waals surface area (Å²) in [5.74, 6) is 0. The molecule has 1 aromatic rings. The zero-order chi connectivity index (χ0) is 12.1. The van der Waals surface area contributed by atoms with Crippen molar-refractivity contribution in [1.82, 2.24) is 9.78 Å². The van der Waals surface area contributed by atoms with Gasteiger partial charge in [0.1, 0.15) is 0 Å². The molecule has 4 nitrogen and oxygen atoms in total. The van der Waals surface area contributed by atoms with Crippen molar-refractivity contribution in [2.45, 2.75) is 50.6 Å². The van der Waals surface area contributed by atoms with Crippen molar-refractivity contribution in [3.63, 3.8) is 0 Å². The van der Waals surface area contributed by atoms with Crippen LogP contribution in [0.5, 0.6) is 0 Å². The van der Waals surface area contributed by atoms with Gasteiger partial charge in [-0.1, -0.05) is 12.8 Å². The summed E-state index contributed by atoms with van der Waals surface area (Å²) in [5.41, 5.74) is 7.06. The molecule has 1 aliphatic rings. The highest BCUT2D eigenvalue weighted by atomic mass is 16.5. The van der Waals surface area contributed by atoms with Crippen molar-refractivity contribution in [2.75, 3.05) is 13.7 Å². The maximum atomic E-state index is 5.90. The molecule has 0 spiro atoms. The van der Waals surface area contributed by atoms with Gasteiger partial charge >= 0.3 is 0 Å². The van der Waals surface area contributed by atoms with Crippen LogP contribution in [0.1, 0.15) is 43.8 Å². The normalized spacial score (nSPS) is 18.7. The number of nitrogens with two attached hydrogens (primary N) is 1. The summed E-state index contributed by atoms with van der Waals surface area (Å²) < 4.78 is 7.17. The molecule has 0 aliphatic heterocycles. The quantitative estimate of drug-likeness (QED) is 0.822. The molecule has 0 bridgehead atoms. The summed E-state index contributed by atoms with van der Waals surface area (Å²) in [6, 6.07) is 2.88. The maximum Gasteiger partial charge on any atom is 0.0625 e. The largest absolute Gasteiger partial charge is 0.383 e. The SMILES string of the molecule is COCC(N)CCc1ccn(C2CCCC2)n1. The Labute approximate surface area is 103 Å². The third kappa shape index (κ3) is 3.54. The lowest BCUT2D eigenvalue weighted by Gasteiger charge is -2.10. The molecule has 1 saturated carbocycles. The average Bonchev–Trinajstić information content (AvgIpc) is 2.97. The van der Waals surface area contributed by atoms with Gasteiger partial charge in [0.15, 0.2) is 0 Å². The van der Waals surface area contributed by atoms with E-state index in [0.717, 1.165) is 18.5 Å². The minimum atomic E-state index is 0.122. The summed E-state index contributed by atoms with van der Waals surface area (Å²) in [5, 5.41) is 4.64. The standard InChI is InChI=1S/C13H23N3O/c1-17-10-11(14)6-7-12-8-9-16(15-12)13-4-2-3-5-13/h8-9,11,13H,2-7,10,14H2,1H3. The lowest BCUT2D eigenvalue weighted by Crippen LogP contribution is -2.26. The fraction of sp³-hybridized carbons (Fsp3) is 0.769. The first-order valence-electron chi connectivity index (χ1n) is 6.58. The van der Waals surface area contributed by atoms with Crippen LogP contribution in [0.15, 0.2) is 12.3 Å². The van der Waals surface area contributed by atoms with Crippen molar-refractivity contribution in [2.24, 2.45) is 5.73 Å². The predicted octanol–water partition coefficient (Wildman–Crippen LogP) is 1.90. The van der Waals surface area contributed by atoms with Crippen LogP contribution in [0.4, 0.5) is 0 Å². The summed E-state index contributed by atoms with van der Waals surface area (Å²) in [6.45, 7) is 0.628. The Bertz CT molecular complexity index is 331. The molecule has 0 amide bonds. The van der Waals surface area contributed by atoms with Crippen molar-refractivity contribution in [1.29, 1.82) is 0 Å². The Morgan fingerprint density at radius 3 is 3.00 bits per heavy atom. The molecule has 0 saturated heterocycles. The number of rotatable bonds is 6. The van der Waals surface area contributed by atoms with Crippen LogP contribution in [-0.4, -0.2) is 29.5 Å². The lowest BCUT2D eigenvalue weighted by molar-refractivity contribution is 0.177. The Balaban J connectivity index is 1.81. The van der Waals surface area contributed by atoms with E-state index in [1.807, 2.05) is 0 Å². The Kier molecular flexibility index (Phi) is 4.57. The smallest absolute Gasteiger partial charge is 0.0625 e. The summed E-state index contributed by atoms with van der Waals surface area (Å²) >= 11 is 0. The van der Waals surface area contributed by atoms with Gasteiger partial charge in [0.05, 0.1) is 18.3 Å². The molecule has 1 fully saturated rings. The monoisotopic (exact) mass is 237 g/mol. The van der Waals surface area contributed by atoms with Crippen molar-refractivity contribution in [3.05, 3.63) is 18.0 Å². The molecular weight excluding hydrogens is 214 g/mol. The minimum absolute atomic E-state index is 0.122. The van der Waals surface area contributed by atoms with Gasteiger partial charge in [0.25, 0.3) is 0 Å². The van der Waals surface area contributed by atoms with Gasteiger partial charge in [0, 0.05) is 19.3 Å². The summed E-state index contributed by atoms with van der Waals surface area (Å²) in [7, 11) is 1.69. The van der Waals surface area contributed by atoms with E-state index >= 15 is 0 Å². The Morgan fingerprint density at radius 2 is 2.29 bits per heavy atom. The van der Waals surface area contributed by atoms with Crippen molar-refractivity contribution in [3.8, 4) is 0 Å². The molecule has 1 aliphatic carbocycles. The van der Waals surface area contributed by atoms with Crippen LogP contribution < -0.4 is 5.73 Å². The van der Waals surface area contributed by atoms with E-state index in [0.29, 0.717) is 12.6 Å². The van der Waals surface area contributed by atoms with Crippen LogP contribution in [0.2, 0.25) is 0 Å². The molecule has 96 valence electrons. The van der Waals surface area contributed by atoms with E-state index in [1.54, 1.807) is 7.11 Å². The van der Waals surface area contributed by atoms with E-state index in [-0.39, 0.29) is 6.04 Å². The van der Waals surface area contributed by atoms with Gasteiger partial charge in [-0.05, 0) is 31.7 Å². The zero-order valence-electron chi connectivity index (χ0n) is 10.6. The summed E-state index contributed by atoms with van der Waals surface area (Å²) in [6.07, 6.45) is 9.26. The second-order valence-electron chi connectivity index (χ2n) is 4.98. The summed E-state index contributed by atoms with van der Waals surface area (Å²) in [4.78, 5) is 0. The lowest BCUT2D eigenvalue weighted by atomic mass is 10.1. The van der Waals surface area contributed by atoms with Gasteiger partial charge < -0.3 is 10.5 Å². The number of hydrogen-bond acceptors (Lipinski definition) is 3. The van der Waals surface area contributed by atoms with E-state index < -0.39 is 0 Å². The van der Waals surface area contributed by atoms with E-state index in [4.69, 9.17) is 10.5 Å². The Hall–Kier alpha value is -0.870. The predicted molar refractivity (Wildman–Crippen MR) is 67.9 cm³/mol. The molecule has 1 unspecified atom stereocenters. The molecule has 17 heavy (non-hydrogen) atoms. The van der Waals surface area contributed by atoms with Gasteiger partial charge in [0.2, 0.25) is 0 Å². The third-order valence-electron chi connectivity index (χ3n) is 3.51. The second-order valence-corrected chi connectivity index (χ2v) is 4.98. The molecule has 1 heterocycles. The van der Waals surface area contributed by atoms with E-state index in [2.05, 4.69) is 22.0 Å². The first-order valence-corrected chi connectivity index (χ1v) is 6.58. The molecule has 4 heteroatoms. The maximum absolute atomic E-state index is 5.90. The number of ether oxygens (including phenoxy) is 1. The number of methoxy groups -OCH3 is 1. The molecule has 0 radical (unpaired) electrons. The van der Waals surface area contributed by atoms with Crippen molar-refractivity contribution < 1.29 is 4.74 Å². The molecule has 1 aromatic heterocycles. The van der Waals surface area contributed by atoms with Crippen LogP contribution in [-0.2, 0) is 11.2 Å². The number of hydrogen-bond donors (Lipinski definition) is 1. The van der Waals surface area contributed by atoms with Crippen LogP contribution in [0, 0.1) is 0 Å². The molecule has 1 atom stereocenters. The molecule has 0 aromatic carbocycles. The topological polar surface area (TPSA) is 53.1 Å². The van der Waals surface area contributed by atoms with Gasteiger partial charge in [-0.15, -0.1) is 0 Å². The highest BCUT2D eigenvalue weighted by Crippen LogP contribution is 2.28. The number of nitrogens with zero attached hydrogens (tertiary/aromatic N) is 2. The first kappa shape index (κ1) is 12.6. The highest BCUT2D eigenvalue weighted by Gasteiger charge is 2.17. The Morgan fingerprint density at radius 1 is 1.53 bits per heavy atom. The number of aryl methyl sites for hydroxylation is 1.